The van der Waals surface area contributed by atoms with Crippen molar-refractivity contribution in [1.82, 2.24) is 5.32 Å². The van der Waals surface area contributed by atoms with Gasteiger partial charge in [-0.3, -0.25) is 4.79 Å². The number of fused-ring (bicyclic) bond motifs is 1. The SMILES string of the molecule is O=C1COC[C@H](C[C@@H]2CNc3ccccc32)N1. The second kappa shape index (κ2) is 4.37. The number of ether oxygens (including phenoxy) is 1. The molecule has 4 heteroatoms. The lowest BCUT2D eigenvalue weighted by molar-refractivity contribution is -0.131. The third kappa shape index (κ3) is 2.13. The molecule has 0 saturated carbocycles. The van der Waals surface area contributed by atoms with Crippen molar-refractivity contribution in [3.8, 4) is 0 Å². The van der Waals surface area contributed by atoms with Gasteiger partial charge in [0, 0.05) is 18.2 Å². The Morgan fingerprint density at radius 3 is 3.12 bits per heavy atom. The predicted octanol–water partition coefficient (Wildman–Crippen LogP) is 1.10. The predicted molar refractivity (Wildman–Crippen MR) is 65.0 cm³/mol. The molecule has 1 amide bonds. The first-order chi connectivity index (χ1) is 8.33. The van der Waals surface area contributed by atoms with Crippen LogP contribution in [0, 0.1) is 0 Å². The Labute approximate surface area is 100 Å². The van der Waals surface area contributed by atoms with Crippen molar-refractivity contribution in [3.05, 3.63) is 29.8 Å². The summed E-state index contributed by atoms with van der Waals surface area (Å²) >= 11 is 0. The van der Waals surface area contributed by atoms with Gasteiger partial charge in [0.2, 0.25) is 5.91 Å². The van der Waals surface area contributed by atoms with Crippen molar-refractivity contribution >= 4 is 11.6 Å². The molecule has 2 aliphatic rings. The van der Waals surface area contributed by atoms with Crippen molar-refractivity contribution in [2.24, 2.45) is 0 Å². The van der Waals surface area contributed by atoms with E-state index in [2.05, 4.69) is 28.8 Å². The van der Waals surface area contributed by atoms with E-state index in [1.54, 1.807) is 0 Å². The van der Waals surface area contributed by atoms with Gasteiger partial charge in [-0.15, -0.1) is 0 Å². The van der Waals surface area contributed by atoms with Gasteiger partial charge in [-0.05, 0) is 18.1 Å². The van der Waals surface area contributed by atoms with Crippen LogP contribution in [0.4, 0.5) is 5.69 Å². The monoisotopic (exact) mass is 232 g/mol. The lowest BCUT2D eigenvalue weighted by Gasteiger charge is -2.25. The Hall–Kier alpha value is -1.55. The Bertz CT molecular complexity index is 433. The van der Waals surface area contributed by atoms with Crippen LogP contribution >= 0.6 is 0 Å². The normalized spacial score (nSPS) is 27.2. The molecule has 0 aromatic heterocycles. The average molecular weight is 232 g/mol. The molecule has 1 fully saturated rings. The fraction of sp³-hybridized carbons (Fsp3) is 0.462. The number of nitrogens with one attached hydrogen (secondary N) is 2. The number of anilines is 1. The molecule has 1 saturated heterocycles. The Morgan fingerprint density at radius 2 is 2.24 bits per heavy atom. The van der Waals surface area contributed by atoms with E-state index < -0.39 is 0 Å². The number of para-hydroxylation sites is 1. The molecule has 90 valence electrons. The minimum Gasteiger partial charge on any atom is -0.384 e. The highest BCUT2D eigenvalue weighted by Gasteiger charge is 2.27. The van der Waals surface area contributed by atoms with Gasteiger partial charge in [-0.1, -0.05) is 18.2 Å². The van der Waals surface area contributed by atoms with Gasteiger partial charge in [0.1, 0.15) is 6.61 Å². The van der Waals surface area contributed by atoms with Crippen LogP contribution in [0.15, 0.2) is 24.3 Å². The van der Waals surface area contributed by atoms with Gasteiger partial charge in [-0.2, -0.15) is 0 Å². The van der Waals surface area contributed by atoms with Crippen LogP contribution in [-0.2, 0) is 9.53 Å². The first kappa shape index (κ1) is 10.6. The third-order valence-corrected chi connectivity index (χ3v) is 3.43. The van der Waals surface area contributed by atoms with Gasteiger partial charge < -0.3 is 15.4 Å². The molecule has 17 heavy (non-hydrogen) atoms. The van der Waals surface area contributed by atoms with E-state index in [0.717, 1.165) is 13.0 Å². The molecule has 2 N–H and O–H groups in total. The van der Waals surface area contributed by atoms with Crippen molar-refractivity contribution in [1.29, 1.82) is 0 Å². The molecule has 4 nitrogen and oxygen atoms in total. The van der Waals surface area contributed by atoms with Gasteiger partial charge in [0.15, 0.2) is 0 Å². The summed E-state index contributed by atoms with van der Waals surface area (Å²) in [6.07, 6.45) is 0.940. The van der Waals surface area contributed by atoms with Crippen LogP contribution in [0.5, 0.6) is 0 Å². The van der Waals surface area contributed by atoms with E-state index >= 15 is 0 Å². The minimum absolute atomic E-state index is 0.000455. The summed E-state index contributed by atoms with van der Waals surface area (Å²) in [5, 5.41) is 6.38. The van der Waals surface area contributed by atoms with E-state index in [1.165, 1.54) is 11.3 Å². The molecule has 1 aromatic rings. The average Bonchev–Trinajstić information content (AvgIpc) is 2.73. The summed E-state index contributed by atoms with van der Waals surface area (Å²) in [7, 11) is 0. The van der Waals surface area contributed by atoms with E-state index in [-0.39, 0.29) is 18.6 Å². The Balaban J connectivity index is 1.69. The quantitative estimate of drug-likeness (QED) is 0.803. The zero-order valence-electron chi connectivity index (χ0n) is 9.61. The standard InChI is InChI=1S/C13H16N2O2/c16-13-8-17-7-10(15-13)5-9-6-14-12-4-2-1-3-11(9)12/h1-4,9-10,14H,5-8H2,(H,15,16)/t9-,10+/m1/s1. The highest BCUT2D eigenvalue weighted by Crippen LogP contribution is 2.34. The molecule has 3 rings (SSSR count). The van der Waals surface area contributed by atoms with Crippen LogP contribution in [0.2, 0.25) is 0 Å². The third-order valence-electron chi connectivity index (χ3n) is 3.43. The lowest BCUT2D eigenvalue weighted by atomic mass is 9.94. The number of carbonyl (C=O) groups excluding carboxylic acids is 1. The van der Waals surface area contributed by atoms with Crippen molar-refractivity contribution in [2.75, 3.05) is 25.1 Å². The van der Waals surface area contributed by atoms with Crippen molar-refractivity contribution < 1.29 is 9.53 Å². The number of rotatable bonds is 2. The molecule has 0 aliphatic carbocycles. The lowest BCUT2D eigenvalue weighted by Crippen LogP contribution is -2.46. The molecule has 0 unspecified atom stereocenters. The summed E-state index contributed by atoms with van der Waals surface area (Å²) in [6, 6.07) is 8.51. The van der Waals surface area contributed by atoms with Crippen LogP contribution < -0.4 is 10.6 Å². The molecule has 2 atom stereocenters. The highest BCUT2D eigenvalue weighted by atomic mass is 16.5. The fourth-order valence-electron chi connectivity index (χ4n) is 2.64. The number of carbonyl (C=O) groups is 1. The van der Waals surface area contributed by atoms with Crippen LogP contribution in [0.25, 0.3) is 0 Å². The largest absolute Gasteiger partial charge is 0.384 e. The van der Waals surface area contributed by atoms with E-state index in [0.29, 0.717) is 12.5 Å². The first-order valence-corrected chi connectivity index (χ1v) is 6.03. The first-order valence-electron chi connectivity index (χ1n) is 6.03. The molecular formula is C13H16N2O2. The van der Waals surface area contributed by atoms with Gasteiger partial charge >= 0.3 is 0 Å². The van der Waals surface area contributed by atoms with Crippen LogP contribution in [-0.4, -0.2) is 31.7 Å². The molecule has 2 aliphatic heterocycles. The zero-order chi connectivity index (χ0) is 11.7. The zero-order valence-corrected chi connectivity index (χ0v) is 9.61. The number of morpholine rings is 1. The van der Waals surface area contributed by atoms with E-state index in [1.807, 2.05) is 6.07 Å². The maximum atomic E-state index is 11.2. The Kier molecular flexibility index (Phi) is 2.73. The number of benzene rings is 1. The topological polar surface area (TPSA) is 50.4 Å². The molecule has 1 aromatic carbocycles. The molecular weight excluding hydrogens is 216 g/mol. The van der Waals surface area contributed by atoms with Gasteiger partial charge in [0.05, 0.1) is 12.6 Å². The summed E-state index contributed by atoms with van der Waals surface area (Å²) in [5.74, 6) is 0.471. The molecule has 0 bridgehead atoms. The van der Waals surface area contributed by atoms with E-state index in [4.69, 9.17) is 4.74 Å². The Morgan fingerprint density at radius 1 is 1.35 bits per heavy atom. The summed E-state index contributed by atoms with van der Waals surface area (Å²) in [6.45, 7) is 1.78. The maximum absolute atomic E-state index is 11.2. The molecule has 0 radical (unpaired) electrons. The molecule has 2 heterocycles. The van der Waals surface area contributed by atoms with Gasteiger partial charge in [0.25, 0.3) is 0 Å². The van der Waals surface area contributed by atoms with Crippen LogP contribution in [0.1, 0.15) is 17.9 Å². The number of hydrogen-bond donors (Lipinski definition) is 2. The van der Waals surface area contributed by atoms with E-state index in [9.17, 15) is 4.79 Å². The fourth-order valence-corrected chi connectivity index (χ4v) is 2.64. The highest BCUT2D eigenvalue weighted by molar-refractivity contribution is 5.78. The minimum atomic E-state index is 0.000455. The number of hydrogen-bond acceptors (Lipinski definition) is 3. The summed E-state index contributed by atoms with van der Waals surface area (Å²) < 4.78 is 5.26. The maximum Gasteiger partial charge on any atom is 0.246 e. The number of amides is 1. The summed E-state index contributed by atoms with van der Waals surface area (Å²) in [4.78, 5) is 11.2. The van der Waals surface area contributed by atoms with Crippen LogP contribution in [0.3, 0.4) is 0 Å². The van der Waals surface area contributed by atoms with Crippen molar-refractivity contribution in [2.45, 2.75) is 18.4 Å². The van der Waals surface area contributed by atoms with Crippen molar-refractivity contribution in [3.63, 3.8) is 0 Å². The smallest absolute Gasteiger partial charge is 0.246 e. The van der Waals surface area contributed by atoms with Gasteiger partial charge in [-0.25, -0.2) is 0 Å². The summed E-state index contributed by atoms with van der Waals surface area (Å²) in [5.41, 5.74) is 2.58. The second-order valence-electron chi connectivity index (χ2n) is 4.68. The molecule has 0 spiro atoms. The second-order valence-corrected chi connectivity index (χ2v) is 4.68.